The Balaban J connectivity index is 1.57. The number of nitrogens with one attached hydrogen (secondary N) is 1. The lowest BCUT2D eigenvalue weighted by atomic mass is 10.2. The first kappa shape index (κ1) is 27.7. The highest BCUT2D eigenvalue weighted by molar-refractivity contribution is 7.92. The van der Waals surface area contributed by atoms with Crippen molar-refractivity contribution in [2.24, 2.45) is 0 Å². The van der Waals surface area contributed by atoms with E-state index in [9.17, 15) is 31.0 Å². The van der Waals surface area contributed by atoms with Crippen LogP contribution in [0.3, 0.4) is 0 Å². The van der Waals surface area contributed by atoms with E-state index < -0.39 is 77.9 Å². The molecule has 2 aromatic heterocycles. The van der Waals surface area contributed by atoms with Crippen LogP contribution in [0.5, 0.6) is 5.75 Å². The lowest BCUT2D eigenvalue weighted by molar-refractivity contribution is -0.697. The van der Waals surface area contributed by atoms with Gasteiger partial charge in [0.05, 0.1) is 23.9 Å². The van der Waals surface area contributed by atoms with Gasteiger partial charge in [0.1, 0.15) is 22.7 Å². The van der Waals surface area contributed by atoms with Crippen LogP contribution in [-0.4, -0.2) is 21.3 Å². The van der Waals surface area contributed by atoms with Crippen molar-refractivity contribution in [3.8, 4) is 11.8 Å². The molecule has 0 bridgehead atoms. The molecule has 4 rings (SSSR count). The van der Waals surface area contributed by atoms with Crippen LogP contribution in [0.15, 0.2) is 59.1 Å². The predicted octanol–water partition coefficient (Wildman–Crippen LogP) is 2.90. The number of ether oxygens (including phenoxy) is 1. The van der Waals surface area contributed by atoms with Gasteiger partial charge in [-0.15, -0.1) is 11.3 Å². The summed E-state index contributed by atoms with van der Waals surface area (Å²) in [5.41, 5.74) is -0.405. The molecule has 38 heavy (non-hydrogen) atoms. The van der Waals surface area contributed by atoms with Gasteiger partial charge in [-0.25, -0.2) is 30.9 Å². The van der Waals surface area contributed by atoms with Gasteiger partial charge in [0, 0.05) is 22.8 Å². The molecule has 0 saturated carbocycles. The Morgan fingerprint density at radius 3 is 2.45 bits per heavy atom. The maximum atomic E-state index is 15.0. The molecule has 0 aliphatic carbocycles. The molecule has 0 aliphatic rings. The summed E-state index contributed by atoms with van der Waals surface area (Å²) >= 11 is 0.246. The van der Waals surface area contributed by atoms with E-state index in [-0.39, 0.29) is 24.5 Å². The van der Waals surface area contributed by atoms with Crippen LogP contribution in [0.25, 0.3) is 10.1 Å². The Morgan fingerprint density at radius 2 is 1.79 bits per heavy atom. The first-order chi connectivity index (χ1) is 17.9. The number of hydrogen-bond donors (Lipinski definition) is 1. The van der Waals surface area contributed by atoms with Crippen molar-refractivity contribution in [3.05, 3.63) is 83.7 Å². The van der Waals surface area contributed by atoms with Crippen molar-refractivity contribution < 1.29 is 44.7 Å². The van der Waals surface area contributed by atoms with Gasteiger partial charge >= 0.3 is 0 Å². The summed E-state index contributed by atoms with van der Waals surface area (Å²) < 4.78 is 103. The molecule has 1 N–H and O–H groups in total. The maximum Gasteiger partial charge on any atom is 0.250 e. The number of benzene rings is 2. The van der Waals surface area contributed by atoms with Gasteiger partial charge in [-0.1, -0.05) is 12.1 Å². The monoisotopic (exact) mass is 585 g/mol. The average Bonchev–Trinajstić information content (AvgIpc) is 3.36. The molecule has 0 fully saturated rings. The summed E-state index contributed by atoms with van der Waals surface area (Å²) in [5.74, 6) is -6.62. The largest absolute Gasteiger partial charge is 0.795 e. The SMILES string of the molecule is N#Cc1ccc(P(=O)([O-])CNS(=O)(=O)c2cc3c(F)c(F)c(OCC[n+]4ccccc4)c(F)c3s2)cc1F. The zero-order chi connectivity index (χ0) is 27.7. The van der Waals surface area contributed by atoms with E-state index in [0.717, 1.165) is 12.1 Å². The Bertz CT molecular complexity index is 1730. The molecular weight excluding hydrogens is 569 g/mol. The van der Waals surface area contributed by atoms with E-state index in [1.54, 1.807) is 39.9 Å². The molecule has 4 aromatic rings. The quantitative estimate of drug-likeness (QED) is 0.140. The number of hydrogen-bond acceptors (Lipinski definition) is 7. The molecule has 2 heterocycles. The fourth-order valence-corrected chi connectivity index (χ4v) is 7.60. The number of halogens is 4. The number of fused-ring (bicyclic) bond motifs is 1. The lowest BCUT2D eigenvalue weighted by Crippen LogP contribution is -2.35. The Labute approximate surface area is 217 Å². The molecule has 0 aliphatic heterocycles. The molecule has 15 heteroatoms. The Kier molecular flexibility index (Phi) is 7.87. The lowest BCUT2D eigenvalue weighted by Gasteiger charge is -2.24. The van der Waals surface area contributed by atoms with E-state index in [1.807, 2.05) is 0 Å². The molecule has 1 atom stereocenters. The smallest absolute Gasteiger partial charge is 0.250 e. The molecule has 198 valence electrons. The van der Waals surface area contributed by atoms with Crippen LogP contribution in [0.4, 0.5) is 17.6 Å². The minimum absolute atomic E-state index is 0.186. The van der Waals surface area contributed by atoms with Gasteiger partial charge in [0.15, 0.2) is 36.3 Å². The van der Waals surface area contributed by atoms with Crippen LogP contribution < -0.4 is 24.2 Å². The second-order valence-electron chi connectivity index (χ2n) is 7.80. The van der Waals surface area contributed by atoms with E-state index >= 15 is 4.39 Å². The molecule has 2 aromatic carbocycles. The number of aromatic nitrogens is 1. The zero-order valence-electron chi connectivity index (χ0n) is 19.0. The molecular formula is C23H16F4N3O5PS2. The average molecular weight is 585 g/mol. The number of sulfonamides is 1. The topological polar surface area (TPSA) is 123 Å². The highest BCUT2D eigenvalue weighted by Crippen LogP contribution is 2.40. The molecule has 0 radical (unpaired) electrons. The first-order valence-corrected chi connectivity index (χ1v) is 14.7. The van der Waals surface area contributed by atoms with Gasteiger partial charge in [-0.05, 0) is 18.2 Å². The summed E-state index contributed by atoms with van der Waals surface area (Å²) in [7, 11) is -9.39. The van der Waals surface area contributed by atoms with Crippen molar-refractivity contribution in [2.75, 3.05) is 12.9 Å². The summed E-state index contributed by atoms with van der Waals surface area (Å²) in [6.45, 7) is -0.0357. The summed E-state index contributed by atoms with van der Waals surface area (Å²) in [6.07, 6.45) is 2.17. The number of nitriles is 1. The van der Waals surface area contributed by atoms with Gasteiger partial charge < -0.3 is 14.2 Å². The number of pyridine rings is 1. The van der Waals surface area contributed by atoms with Crippen LogP contribution in [0.2, 0.25) is 0 Å². The summed E-state index contributed by atoms with van der Waals surface area (Å²) in [4.78, 5) is 12.5. The van der Waals surface area contributed by atoms with Gasteiger partial charge in [0.25, 0.3) is 0 Å². The predicted molar refractivity (Wildman–Crippen MR) is 127 cm³/mol. The Morgan fingerprint density at radius 1 is 1.08 bits per heavy atom. The number of nitrogens with zero attached hydrogens (tertiary/aromatic N) is 2. The second kappa shape index (κ2) is 10.8. The third-order valence-corrected chi connectivity index (χ3v) is 10.2. The highest BCUT2D eigenvalue weighted by atomic mass is 32.2. The van der Waals surface area contributed by atoms with Crippen LogP contribution in [-0.2, 0) is 21.1 Å². The van der Waals surface area contributed by atoms with Crippen LogP contribution in [0.1, 0.15) is 5.56 Å². The molecule has 0 spiro atoms. The summed E-state index contributed by atoms with van der Waals surface area (Å²) in [5, 5.41) is 7.52. The van der Waals surface area contributed by atoms with Crippen molar-refractivity contribution in [1.82, 2.24) is 4.72 Å². The van der Waals surface area contributed by atoms with E-state index in [1.165, 1.54) is 6.07 Å². The third kappa shape index (κ3) is 5.57. The van der Waals surface area contributed by atoms with E-state index in [2.05, 4.69) is 0 Å². The fraction of sp³-hybridized carbons (Fsp3) is 0.130. The molecule has 0 saturated heterocycles. The van der Waals surface area contributed by atoms with Crippen LogP contribution in [0, 0.1) is 34.6 Å². The molecule has 8 nitrogen and oxygen atoms in total. The summed E-state index contributed by atoms with van der Waals surface area (Å²) in [6, 6.07) is 9.85. The third-order valence-electron chi connectivity index (χ3n) is 5.30. The minimum atomic E-state index is -4.74. The standard InChI is InChI=1S/C23H16F4N3O5PS2/c24-17-10-15(5-4-14(17)12-28)36(31,32)13-29-38(33,34)18-11-16-19(25)20(26)22(21(27)23(16)37-18)35-9-8-30-6-2-1-3-7-30/h1-7,10-11,29H,8-9,13H2. The fourth-order valence-electron chi connectivity index (χ4n) is 3.35. The van der Waals surface area contributed by atoms with E-state index in [4.69, 9.17) is 10.00 Å². The van der Waals surface area contributed by atoms with E-state index in [0.29, 0.717) is 12.1 Å². The number of thiophene rings is 1. The van der Waals surface area contributed by atoms with Crippen molar-refractivity contribution in [3.63, 3.8) is 0 Å². The van der Waals surface area contributed by atoms with Gasteiger partial charge in [0.2, 0.25) is 15.8 Å². The molecule has 1 unspecified atom stereocenters. The normalized spacial score (nSPS) is 13.3. The maximum absolute atomic E-state index is 15.0. The minimum Gasteiger partial charge on any atom is -0.795 e. The number of rotatable bonds is 9. The Hall–Kier alpha value is -3.34. The zero-order valence-corrected chi connectivity index (χ0v) is 21.6. The molecule has 0 amide bonds. The van der Waals surface area contributed by atoms with Gasteiger partial charge in [-0.3, -0.25) is 0 Å². The van der Waals surface area contributed by atoms with Gasteiger partial charge in [-0.2, -0.15) is 9.65 Å². The first-order valence-electron chi connectivity index (χ1n) is 10.6. The van der Waals surface area contributed by atoms with Crippen molar-refractivity contribution in [1.29, 1.82) is 5.26 Å². The van der Waals surface area contributed by atoms with Crippen molar-refractivity contribution >= 4 is 44.1 Å². The highest BCUT2D eigenvalue weighted by Gasteiger charge is 2.28. The van der Waals surface area contributed by atoms with Crippen LogP contribution >= 0.6 is 18.7 Å². The van der Waals surface area contributed by atoms with Crippen molar-refractivity contribution in [2.45, 2.75) is 10.8 Å². The second-order valence-corrected chi connectivity index (χ2v) is 13.0.